The molecule has 3 rings (SSSR count). The molecular weight excluding hydrogens is 410 g/mol. The van der Waals surface area contributed by atoms with E-state index in [1.54, 1.807) is 25.1 Å². The summed E-state index contributed by atoms with van der Waals surface area (Å²) >= 11 is 0. The van der Waals surface area contributed by atoms with Gasteiger partial charge in [-0.1, -0.05) is 45.0 Å². The van der Waals surface area contributed by atoms with Gasteiger partial charge < -0.3 is 20.1 Å². The molecule has 170 valence electrons. The van der Waals surface area contributed by atoms with Crippen LogP contribution in [0.1, 0.15) is 38.8 Å². The zero-order valence-electron chi connectivity index (χ0n) is 19.2. The minimum Gasteiger partial charge on any atom is -0.497 e. The van der Waals surface area contributed by atoms with Gasteiger partial charge in [-0.2, -0.15) is 0 Å². The fourth-order valence-corrected chi connectivity index (χ4v) is 3.58. The molecule has 2 aromatic carbocycles. The van der Waals surface area contributed by atoms with Gasteiger partial charge in [0.05, 0.1) is 19.9 Å². The quantitative estimate of drug-likeness (QED) is 0.673. The van der Waals surface area contributed by atoms with Crippen molar-refractivity contribution in [2.45, 2.75) is 38.6 Å². The first-order chi connectivity index (χ1) is 15.0. The van der Waals surface area contributed by atoms with Gasteiger partial charge in [0.15, 0.2) is 0 Å². The number of urea groups is 1. The molecule has 1 unspecified atom stereocenters. The Kier molecular flexibility index (Phi) is 6.16. The molecule has 2 N–H and O–H groups in total. The van der Waals surface area contributed by atoms with Crippen LogP contribution >= 0.6 is 0 Å². The zero-order valence-corrected chi connectivity index (χ0v) is 19.2. The van der Waals surface area contributed by atoms with Crippen molar-refractivity contribution in [3.63, 3.8) is 0 Å². The molecule has 1 aliphatic heterocycles. The lowest BCUT2D eigenvalue weighted by molar-refractivity contribution is -0.133. The van der Waals surface area contributed by atoms with Gasteiger partial charge in [-0.3, -0.25) is 14.5 Å². The minimum absolute atomic E-state index is 0.0341. The molecule has 0 bridgehead atoms. The van der Waals surface area contributed by atoms with E-state index in [1.807, 2.05) is 24.3 Å². The van der Waals surface area contributed by atoms with E-state index in [-0.39, 0.29) is 5.41 Å². The molecule has 0 radical (unpaired) electrons. The first kappa shape index (κ1) is 23.1. The molecule has 0 aromatic heterocycles. The molecule has 0 spiro atoms. The Hall–Kier alpha value is -3.55. The third-order valence-electron chi connectivity index (χ3n) is 5.59. The second kappa shape index (κ2) is 8.53. The van der Waals surface area contributed by atoms with Gasteiger partial charge in [0.25, 0.3) is 5.91 Å². The van der Waals surface area contributed by atoms with E-state index in [2.05, 4.69) is 31.4 Å². The topological polar surface area (TPSA) is 97.0 Å². The van der Waals surface area contributed by atoms with Crippen molar-refractivity contribution in [3.05, 3.63) is 53.6 Å². The second-order valence-electron chi connectivity index (χ2n) is 8.89. The maximum atomic E-state index is 13.1. The Morgan fingerprint density at radius 3 is 2.28 bits per heavy atom. The van der Waals surface area contributed by atoms with Crippen molar-refractivity contribution in [2.75, 3.05) is 26.1 Å². The average molecular weight is 440 g/mol. The van der Waals surface area contributed by atoms with Crippen LogP contribution in [0.25, 0.3) is 0 Å². The van der Waals surface area contributed by atoms with E-state index < -0.39 is 29.9 Å². The molecule has 1 heterocycles. The number of imide groups is 1. The van der Waals surface area contributed by atoms with Crippen LogP contribution in [0, 0.1) is 0 Å². The summed E-state index contributed by atoms with van der Waals surface area (Å²) in [5, 5.41) is 5.40. The van der Waals surface area contributed by atoms with E-state index in [0.29, 0.717) is 22.7 Å². The lowest BCUT2D eigenvalue weighted by Gasteiger charge is -2.24. The number of benzene rings is 2. The smallest absolute Gasteiger partial charge is 0.325 e. The Morgan fingerprint density at radius 1 is 1.06 bits per heavy atom. The van der Waals surface area contributed by atoms with Crippen LogP contribution < -0.4 is 20.1 Å². The van der Waals surface area contributed by atoms with Crippen LogP contribution in [-0.4, -0.2) is 43.5 Å². The van der Waals surface area contributed by atoms with Gasteiger partial charge in [-0.15, -0.1) is 0 Å². The third kappa shape index (κ3) is 4.39. The summed E-state index contributed by atoms with van der Waals surface area (Å²) in [4.78, 5) is 39.3. The first-order valence-corrected chi connectivity index (χ1v) is 10.3. The number of methoxy groups -OCH3 is 2. The molecular formula is C24H29N3O5. The molecule has 2 aromatic rings. The van der Waals surface area contributed by atoms with Crippen molar-refractivity contribution in [3.8, 4) is 11.5 Å². The van der Waals surface area contributed by atoms with Crippen molar-refractivity contribution < 1.29 is 23.9 Å². The molecule has 1 saturated heterocycles. The van der Waals surface area contributed by atoms with Gasteiger partial charge in [0, 0.05) is 6.07 Å². The maximum Gasteiger partial charge on any atom is 0.325 e. The summed E-state index contributed by atoms with van der Waals surface area (Å²) in [6.07, 6.45) is 0. The maximum absolute atomic E-state index is 13.1. The summed E-state index contributed by atoms with van der Waals surface area (Å²) in [6, 6.07) is 11.9. The number of ether oxygens (including phenoxy) is 2. The van der Waals surface area contributed by atoms with Gasteiger partial charge in [0.1, 0.15) is 23.6 Å². The van der Waals surface area contributed by atoms with E-state index in [1.165, 1.54) is 14.2 Å². The van der Waals surface area contributed by atoms with Crippen LogP contribution in [0.4, 0.5) is 10.5 Å². The van der Waals surface area contributed by atoms with E-state index in [4.69, 9.17) is 9.47 Å². The van der Waals surface area contributed by atoms with Crippen molar-refractivity contribution in [1.82, 2.24) is 10.2 Å². The Balaban J connectivity index is 1.77. The fourth-order valence-electron chi connectivity index (χ4n) is 3.58. The molecule has 4 amide bonds. The normalized spacial score (nSPS) is 18.4. The molecule has 1 aliphatic rings. The lowest BCUT2D eigenvalue weighted by atomic mass is 9.84. The third-order valence-corrected chi connectivity index (χ3v) is 5.59. The lowest BCUT2D eigenvalue weighted by Crippen LogP contribution is -2.42. The molecule has 0 aliphatic carbocycles. The van der Waals surface area contributed by atoms with E-state index >= 15 is 0 Å². The largest absolute Gasteiger partial charge is 0.497 e. The highest BCUT2D eigenvalue weighted by molar-refractivity contribution is 6.10. The minimum atomic E-state index is -1.25. The molecule has 0 saturated carbocycles. The predicted molar refractivity (Wildman–Crippen MR) is 121 cm³/mol. The standard InChI is InChI=1S/C24H29N3O5/c1-23(2,3)15-7-9-16(10-8-15)24(4)21(29)27(22(30)26-24)14-20(28)25-18-13-17(31-5)11-12-19(18)32-6/h7-13H,14H2,1-6H3,(H,25,28)(H,26,30). The van der Waals surface area contributed by atoms with Gasteiger partial charge in [0.2, 0.25) is 5.91 Å². The van der Waals surface area contributed by atoms with E-state index in [0.717, 1.165) is 10.5 Å². The Morgan fingerprint density at radius 2 is 1.72 bits per heavy atom. The second-order valence-corrected chi connectivity index (χ2v) is 8.89. The highest BCUT2D eigenvalue weighted by Gasteiger charge is 2.49. The van der Waals surface area contributed by atoms with Crippen molar-refractivity contribution in [1.29, 1.82) is 0 Å². The summed E-state index contributed by atoms with van der Waals surface area (Å²) in [5.74, 6) is -0.0614. The zero-order chi connectivity index (χ0) is 23.7. The highest BCUT2D eigenvalue weighted by atomic mass is 16.5. The Labute approximate surface area is 187 Å². The summed E-state index contributed by atoms with van der Waals surface area (Å²) in [7, 11) is 2.99. The van der Waals surface area contributed by atoms with Crippen molar-refractivity contribution >= 4 is 23.5 Å². The van der Waals surface area contributed by atoms with Gasteiger partial charge in [-0.05, 0) is 35.6 Å². The average Bonchev–Trinajstić information content (AvgIpc) is 2.97. The molecule has 32 heavy (non-hydrogen) atoms. The number of carbonyl (C=O) groups is 3. The number of hydrogen-bond acceptors (Lipinski definition) is 5. The molecule has 1 fully saturated rings. The number of anilines is 1. The summed E-state index contributed by atoms with van der Waals surface area (Å²) in [5.41, 5.74) is 0.866. The SMILES string of the molecule is COc1ccc(OC)c(NC(=O)CN2C(=O)NC(C)(c3ccc(C(C)(C)C)cc3)C2=O)c1. The summed E-state index contributed by atoms with van der Waals surface area (Å²) in [6.45, 7) is 7.51. The van der Waals surface area contributed by atoms with Gasteiger partial charge in [-0.25, -0.2) is 4.79 Å². The monoisotopic (exact) mass is 439 g/mol. The highest BCUT2D eigenvalue weighted by Crippen LogP contribution is 2.32. The van der Waals surface area contributed by atoms with Crippen LogP contribution in [0.2, 0.25) is 0 Å². The number of rotatable bonds is 6. The molecule has 8 nitrogen and oxygen atoms in total. The molecule has 1 atom stereocenters. The van der Waals surface area contributed by atoms with E-state index in [9.17, 15) is 14.4 Å². The van der Waals surface area contributed by atoms with Crippen LogP contribution in [-0.2, 0) is 20.5 Å². The summed E-state index contributed by atoms with van der Waals surface area (Å²) < 4.78 is 10.4. The number of amides is 4. The van der Waals surface area contributed by atoms with Crippen LogP contribution in [0.3, 0.4) is 0 Å². The van der Waals surface area contributed by atoms with Crippen LogP contribution in [0.5, 0.6) is 11.5 Å². The first-order valence-electron chi connectivity index (χ1n) is 10.3. The van der Waals surface area contributed by atoms with Crippen molar-refractivity contribution in [2.24, 2.45) is 0 Å². The Bertz CT molecular complexity index is 1040. The van der Waals surface area contributed by atoms with Crippen LogP contribution in [0.15, 0.2) is 42.5 Å². The molecule has 8 heteroatoms. The fraction of sp³-hybridized carbons (Fsp3) is 0.375. The number of nitrogens with zero attached hydrogens (tertiary/aromatic N) is 1. The number of carbonyl (C=O) groups excluding carboxylic acids is 3. The number of hydrogen-bond donors (Lipinski definition) is 2. The predicted octanol–water partition coefficient (Wildman–Crippen LogP) is 3.41. The number of nitrogens with one attached hydrogen (secondary N) is 2. The van der Waals surface area contributed by atoms with Gasteiger partial charge >= 0.3 is 6.03 Å².